The zero-order valence-electron chi connectivity index (χ0n) is 8.23. The van der Waals surface area contributed by atoms with Crippen LogP contribution in [0.5, 0.6) is 0 Å². The molecule has 2 N–H and O–H groups in total. The van der Waals surface area contributed by atoms with Crippen molar-refractivity contribution in [1.82, 2.24) is 9.97 Å². The molecule has 1 amide bonds. The van der Waals surface area contributed by atoms with Crippen LogP contribution in [-0.2, 0) is 4.79 Å². The Balaban J connectivity index is 2.37. The van der Waals surface area contributed by atoms with Gasteiger partial charge in [-0.1, -0.05) is 0 Å². The van der Waals surface area contributed by atoms with E-state index in [1.807, 2.05) is 0 Å². The van der Waals surface area contributed by atoms with Crippen LogP contribution in [-0.4, -0.2) is 33.6 Å². The van der Waals surface area contributed by atoms with Crippen LogP contribution in [0.4, 0.5) is 5.95 Å². The summed E-state index contributed by atoms with van der Waals surface area (Å²) >= 11 is 0. The number of β-amino-alcohol motifs (C(OH)–C–C–N with tert-alkyl or cyclic N) is 1. The fraction of sp³-hybridized carbons (Fsp3) is 0.444. The Bertz CT molecular complexity index is 454. The molecule has 0 spiro atoms. The predicted octanol–water partition coefficient (Wildman–Crippen LogP) is -0.824. The number of nitrogens with one attached hydrogen (secondary N) is 1. The SMILES string of the molecule is Cc1cc(=O)[nH]c(N2CC(O)CC2=O)n1. The molecule has 1 fully saturated rings. The van der Waals surface area contributed by atoms with E-state index in [0.717, 1.165) is 0 Å². The van der Waals surface area contributed by atoms with Crippen LogP contribution in [0.3, 0.4) is 0 Å². The maximum atomic E-state index is 11.4. The lowest BCUT2D eigenvalue weighted by molar-refractivity contribution is -0.117. The second kappa shape index (κ2) is 3.47. The van der Waals surface area contributed by atoms with Crippen LogP contribution in [0, 0.1) is 6.92 Å². The number of amides is 1. The number of hydrogen-bond acceptors (Lipinski definition) is 4. The van der Waals surface area contributed by atoms with Crippen molar-refractivity contribution in [3.05, 3.63) is 22.1 Å². The monoisotopic (exact) mass is 209 g/mol. The number of aromatic nitrogens is 2. The molecule has 80 valence electrons. The Morgan fingerprint density at radius 3 is 2.87 bits per heavy atom. The van der Waals surface area contributed by atoms with Gasteiger partial charge in [-0.2, -0.15) is 0 Å². The number of aliphatic hydroxyl groups excluding tert-OH is 1. The minimum atomic E-state index is -0.677. The highest BCUT2D eigenvalue weighted by atomic mass is 16.3. The standard InChI is InChI=1S/C9H11N3O3/c1-5-2-7(14)11-9(10-5)12-4-6(13)3-8(12)15/h2,6,13H,3-4H2,1H3,(H,10,11,14). The first-order valence-corrected chi connectivity index (χ1v) is 4.62. The molecule has 6 nitrogen and oxygen atoms in total. The van der Waals surface area contributed by atoms with Gasteiger partial charge in [0, 0.05) is 11.8 Å². The normalized spacial score (nSPS) is 21.1. The van der Waals surface area contributed by atoms with Crippen LogP contribution >= 0.6 is 0 Å². The summed E-state index contributed by atoms with van der Waals surface area (Å²) in [6.07, 6.45) is -0.596. The second-order valence-corrected chi connectivity index (χ2v) is 3.57. The molecule has 1 saturated heterocycles. The van der Waals surface area contributed by atoms with E-state index in [4.69, 9.17) is 0 Å². The average Bonchev–Trinajstić information content (AvgIpc) is 2.43. The summed E-state index contributed by atoms with van der Waals surface area (Å²) in [5, 5.41) is 9.29. The van der Waals surface area contributed by atoms with Gasteiger partial charge in [0.15, 0.2) is 0 Å². The molecule has 15 heavy (non-hydrogen) atoms. The number of aryl methyl sites for hydroxylation is 1. The highest BCUT2D eigenvalue weighted by Crippen LogP contribution is 2.16. The molecule has 1 aromatic rings. The summed E-state index contributed by atoms with van der Waals surface area (Å²) < 4.78 is 0. The summed E-state index contributed by atoms with van der Waals surface area (Å²) in [4.78, 5) is 30.4. The number of aromatic amines is 1. The zero-order chi connectivity index (χ0) is 11.0. The van der Waals surface area contributed by atoms with Crippen molar-refractivity contribution in [2.45, 2.75) is 19.4 Å². The largest absolute Gasteiger partial charge is 0.391 e. The lowest BCUT2D eigenvalue weighted by atomic mass is 10.3. The van der Waals surface area contributed by atoms with Crippen LogP contribution in [0.1, 0.15) is 12.1 Å². The van der Waals surface area contributed by atoms with Gasteiger partial charge in [0.25, 0.3) is 5.56 Å². The third-order valence-corrected chi connectivity index (χ3v) is 2.22. The predicted molar refractivity (Wildman–Crippen MR) is 52.6 cm³/mol. The number of rotatable bonds is 1. The molecule has 1 aliphatic heterocycles. The van der Waals surface area contributed by atoms with Crippen LogP contribution < -0.4 is 10.5 Å². The van der Waals surface area contributed by atoms with Crippen molar-refractivity contribution in [2.24, 2.45) is 0 Å². The van der Waals surface area contributed by atoms with Gasteiger partial charge in [-0.15, -0.1) is 0 Å². The van der Waals surface area contributed by atoms with Crippen molar-refractivity contribution in [3.8, 4) is 0 Å². The van der Waals surface area contributed by atoms with Crippen molar-refractivity contribution >= 4 is 11.9 Å². The fourth-order valence-electron chi connectivity index (χ4n) is 1.58. The van der Waals surface area contributed by atoms with Gasteiger partial charge in [-0.25, -0.2) is 4.98 Å². The first-order chi connectivity index (χ1) is 7.06. The summed E-state index contributed by atoms with van der Waals surface area (Å²) in [5.74, 6) is -0.0159. The third kappa shape index (κ3) is 1.89. The third-order valence-electron chi connectivity index (χ3n) is 2.22. The minimum Gasteiger partial charge on any atom is -0.391 e. The number of hydrogen-bond donors (Lipinski definition) is 2. The number of aliphatic hydroxyl groups is 1. The van der Waals surface area contributed by atoms with Gasteiger partial charge in [-0.05, 0) is 6.92 Å². The molecule has 6 heteroatoms. The fourth-order valence-corrected chi connectivity index (χ4v) is 1.58. The average molecular weight is 209 g/mol. The van der Waals surface area contributed by atoms with Crippen LogP contribution in [0.15, 0.2) is 10.9 Å². The van der Waals surface area contributed by atoms with Crippen molar-refractivity contribution in [2.75, 3.05) is 11.4 Å². The molecule has 2 rings (SSSR count). The van der Waals surface area contributed by atoms with Gasteiger partial charge >= 0.3 is 0 Å². The minimum absolute atomic E-state index is 0.0810. The summed E-state index contributed by atoms with van der Waals surface area (Å²) in [7, 11) is 0. The van der Waals surface area contributed by atoms with Gasteiger partial charge in [0.2, 0.25) is 11.9 Å². The van der Waals surface area contributed by atoms with Crippen LogP contribution in [0.25, 0.3) is 0 Å². The Morgan fingerprint density at radius 2 is 2.33 bits per heavy atom. The summed E-state index contributed by atoms with van der Waals surface area (Å²) in [5.41, 5.74) is 0.245. The van der Waals surface area contributed by atoms with E-state index in [0.29, 0.717) is 5.69 Å². The Kier molecular flexibility index (Phi) is 2.28. The van der Waals surface area contributed by atoms with Crippen molar-refractivity contribution in [3.63, 3.8) is 0 Å². The van der Waals surface area contributed by atoms with E-state index < -0.39 is 6.10 Å². The molecule has 1 unspecified atom stereocenters. The van der Waals surface area contributed by atoms with E-state index in [1.54, 1.807) is 6.92 Å². The maximum Gasteiger partial charge on any atom is 0.252 e. The van der Waals surface area contributed by atoms with Crippen molar-refractivity contribution < 1.29 is 9.90 Å². The Morgan fingerprint density at radius 1 is 1.60 bits per heavy atom. The molecular formula is C9H11N3O3. The molecular weight excluding hydrogens is 198 g/mol. The summed E-state index contributed by atoms with van der Waals surface area (Å²) in [6.45, 7) is 1.86. The van der Waals surface area contributed by atoms with Gasteiger partial charge in [0.1, 0.15) is 0 Å². The number of anilines is 1. The van der Waals surface area contributed by atoms with E-state index in [9.17, 15) is 14.7 Å². The number of nitrogens with zero attached hydrogens (tertiary/aromatic N) is 2. The highest BCUT2D eigenvalue weighted by Gasteiger charge is 2.30. The number of H-pyrrole nitrogens is 1. The molecule has 0 aliphatic carbocycles. The molecule has 1 aliphatic rings. The van der Waals surface area contributed by atoms with Gasteiger partial charge in [-0.3, -0.25) is 19.5 Å². The lowest BCUT2D eigenvalue weighted by Gasteiger charge is -2.13. The number of carbonyl (C=O) groups excluding carboxylic acids is 1. The zero-order valence-corrected chi connectivity index (χ0v) is 8.23. The van der Waals surface area contributed by atoms with Crippen LogP contribution in [0.2, 0.25) is 0 Å². The van der Waals surface area contributed by atoms with E-state index in [-0.39, 0.29) is 30.4 Å². The van der Waals surface area contributed by atoms with E-state index >= 15 is 0 Å². The maximum absolute atomic E-state index is 11.4. The highest BCUT2D eigenvalue weighted by molar-refractivity contribution is 5.94. The van der Waals surface area contributed by atoms with E-state index in [1.165, 1.54) is 11.0 Å². The Hall–Kier alpha value is -1.69. The molecule has 0 radical (unpaired) electrons. The quantitative estimate of drug-likeness (QED) is 0.632. The molecule has 0 saturated carbocycles. The molecule has 2 heterocycles. The van der Waals surface area contributed by atoms with Crippen molar-refractivity contribution in [1.29, 1.82) is 0 Å². The van der Waals surface area contributed by atoms with E-state index in [2.05, 4.69) is 9.97 Å². The smallest absolute Gasteiger partial charge is 0.252 e. The summed E-state index contributed by atoms with van der Waals surface area (Å²) in [6, 6.07) is 1.35. The lowest BCUT2D eigenvalue weighted by Crippen LogP contribution is -2.29. The molecule has 1 aromatic heterocycles. The first kappa shape index (κ1) is 9.85. The van der Waals surface area contributed by atoms with Gasteiger partial charge in [0.05, 0.1) is 19.1 Å². The second-order valence-electron chi connectivity index (χ2n) is 3.57. The molecule has 0 bridgehead atoms. The number of carbonyl (C=O) groups is 1. The van der Waals surface area contributed by atoms with Gasteiger partial charge < -0.3 is 5.11 Å². The Labute approximate surface area is 85.6 Å². The molecule has 1 atom stereocenters. The molecule has 0 aromatic carbocycles. The topological polar surface area (TPSA) is 86.3 Å². The first-order valence-electron chi connectivity index (χ1n) is 4.62.